The first kappa shape index (κ1) is 13.8. The molecule has 0 aliphatic carbocycles. The predicted octanol–water partition coefficient (Wildman–Crippen LogP) is 0.225. The van der Waals surface area contributed by atoms with Crippen LogP contribution in [0.4, 0.5) is 0 Å². The van der Waals surface area contributed by atoms with Crippen molar-refractivity contribution in [3.63, 3.8) is 0 Å². The van der Waals surface area contributed by atoms with E-state index in [1.165, 1.54) is 0 Å². The third-order valence-corrected chi connectivity index (χ3v) is 2.16. The molecular weight excluding hydrogens is 180 g/mol. The van der Waals surface area contributed by atoms with Crippen LogP contribution in [-0.2, 0) is 4.74 Å². The van der Waals surface area contributed by atoms with Crippen LogP contribution in [0.25, 0.3) is 0 Å². The average Bonchev–Trinajstić information content (AvgIpc) is 2.13. The van der Waals surface area contributed by atoms with E-state index in [9.17, 15) is 5.11 Å². The van der Waals surface area contributed by atoms with E-state index in [2.05, 4.69) is 18.7 Å². The molecule has 0 saturated carbocycles. The summed E-state index contributed by atoms with van der Waals surface area (Å²) in [6, 6.07) is 0. The molecule has 0 aromatic rings. The quantitative estimate of drug-likeness (QED) is 0.574. The lowest BCUT2D eigenvalue weighted by Crippen LogP contribution is -2.34. The lowest BCUT2D eigenvalue weighted by Gasteiger charge is -2.22. The first-order valence-electron chi connectivity index (χ1n) is 5.26. The SMILES string of the molecule is CCN(CC)CC(O)OCCN(C)C. The molecule has 0 bridgehead atoms. The van der Waals surface area contributed by atoms with Gasteiger partial charge in [-0.05, 0) is 27.2 Å². The van der Waals surface area contributed by atoms with Crippen molar-refractivity contribution in [1.29, 1.82) is 0 Å². The molecule has 0 radical (unpaired) electrons. The Hall–Kier alpha value is -0.160. The van der Waals surface area contributed by atoms with Gasteiger partial charge in [-0.3, -0.25) is 4.90 Å². The molecule has 86 valence electrons. The second-order valence-electron chi connectivity index (χ2n) is 3.61. The number of likely N-dealkylation sites (N-methyl/N-ethyl adjacent to an activating group) is 2. The Morgan fingerprint density at radius 3 is 2.21 bits per heavy atom. The third-order valence-electron chi connectivity index (χ3n) is 2.16. The fraction of sp³-hybridized carbons (Fsp3) is 1.00. The molecule has 1 atom stereocenters. The van der Waals surface area contributed by atoms with Gasteiger partial charge in [0.2, 0.25) is 0 Å². The number of hydrogen-bond acceptors (Lipinski definition) is 4. The second-order valence-corrected chi connectivity index (χ2v) is 3.61. The number of aliphatic hydroxyl groups is 1. The van der Waals surface area contributed by atoms with E-state index in [0.29, 0.717) is 13.2 Å². The van der Waals surface area contributed by atoms with E-state index in [-0.39, 0.29) is 0 Å². The van der Waals surface area contributed by atoms with Crippen LogP contribution in [0.3, 0.4) is 0 Å². The molecule has 0 amide bonds. The average molecular weight is 204 g/mol. The van der Waals surface area contributed by atoms with Crippen LogP contribution in [0, 0.1) is 0 Å². The minimum atomic E-state index is -0.658. The van der Waals surface area contributed by atoms with Gasteiger partial charge in [0.15, 0.2) is 6.29 Å². The molecular formula is C10H24N2O2. The summed E-state index contributed by atoms with van der Waals surface area (Å²) in [6.07, 6.45) is -0.658. The van der Waals surface area contributed by atoms with Crippen LogP contribution >= 0.6 is 0 Å². The number of hydrogen-bond donors (Lipinski definition) is 1. The zero-order valence-corrected chi connectivity index (χ0v) is 9.86. The van der Waals surface area contributed by atoms with E-state index in [4.69, 9.17) is 4.74 Å². The summed E-state index contributed by atoms with van der Waals surface area (Å²) in [6.45, 7) is 8.08. The first-order chi connectivity index (χ1) is 6.60. The van der Waals surface area contributed by atoms with Crippen molar-refractivity contribution in [2.24, 2.45) is 0 Å². The molecule has 14 heavy (non-hydrogen) atoms. The lowest BCUT2D eigenvalue weighted by molar-refractivity contribution is -0.114. The minimum Gasteiger partial charge on any atom is -0.367 e. The zero-order valence-electron chi connectivity index (χ0n) is 9.86. The van der Waals surface area contributed by atoms with E-state index in [1.807, 2.05) is 19.0 Å². The summed E-state index contributed by atoms with van der Waals surface area (Å²) in [7, 11) is 3.97. The molecule has 0 rings (SSSR count). The largest absolute Gasteiger partial charge is 0.367 e. The minimum absolute atomic E-state index is 0.579. The fourth-order valence-corrected chi connectivity index (χ4v) is 1.13. The van der Waals surface area contributed by atoms with Gasteiger partial charge in [0.25, 0.3) is 0 Å². The summed E-state index contributed by atoms with van der Waals surface area (Å²) >= 11 is 0. The van der Waals surface area contributed by atoms with E-state index in [1.54, 1.807) is 0 Å². The number of rotatable bonds is 8. The van der Waals surface area contributed by atoms with Crippen molar-refractivity contribution in [1.82, 2.24) is 9.80 Å². The van der Waals surface area contributed by atoms with Crippen molar-refractivity contribution >= 4 is 0 Å². The molecule has 0 saturated heterocycles. The van der Waals surface area contributed by atoms with Gasteiger partial charge in [-0.2, -0.15) is 0 Å². The van der Waals surface area contributed by atoms with Gasteiger partial charge in [-0.15, -0.1) is 0 Å². The van der Waals surface area contributed by atoms with Crippen molar-refractivity contribution in [3.8, 4) is 0 Å². The van der Waals surface area contributed by atoms with Gasteiger partial charge in [0.05, 0.1) is 6.61 Å². The van der Waals surface area contributed by atoms with E-state index in [0.717, 1.165) is 19.6 Å². The first-order valence-corrected chi connectivity index (χ1v) is 5.26. The van der Waals surface area contributed by atoms with Gasteiger partial charge in [0.1, 0.15) is 0 Å². The highest BCUT2D eigenvalue weighted by atomic mass is 16.6. The maximum atomic E-state index is 9.51. The molecule has 0 fully saturated rings. The molecule has 1 unspecified atom stereocenters. The van der Waals surface area contributed by atoms with Crippen molar-refractivity contribution < 1.29 is 9.84 Å². The van der Waals surface area contributed by atoms with Gasteiger partial charge < -0.3 is 14.7 Å². The van der Waals surface area contributed by atoms with Crippen LogP contribution in [0.15, 0.2) is 0 Å². The maximum Gasteiger partial charge on any atom is 0.167 e. The zero-order chi connectivity index (χ0) is 11.0. The molecule has 0 spiro atoms. The van der Waals surface area contributed by atoms with Crippen LogP contribution in [-0.4, -0.2) is 68.1 Å². The summed E-state index contributed by atoms with van der Waals surface area (Å²) in [5.74, 6) is 0. The van der Waals surface area contributed by atoms with Crippen LogP contribution in [0.1, 0.15) is 13.8 Å². The van der Waals surface area contributed by atoms with Gasteiger partial charge >= 0.3 is 0 Å². The summed E-state index contributed by atoms with van der Waals surface area (Å²) in [4.78, 5) is 4.17. The number of ether oxygens (including phenoxy) is 1. The normalized spacial score (nSPS) is 13.9. The van der Waals surface area contributed by atoms with Gasteiger partial charge in [0, 0.05) is 13.1 Å². The van der Waals surface area contributed by atoms with Gasteiger partial charge in [-0.1, -0.05) is 13.8 Å². The van der Waals surface area contributed by atoms with Crippen molar-refractivity contribution in [2.75, 3.05) is 46.9 Å². The molecule has 0 aliphatic rings. The van der Waals surface area contributed by atoms with E-state index < -0.39 is 6.29 Å². The van der Waals surface area contributed by atoms with Crippen molar-refractivity contribution in [2.45, 2.75) is 20.1 Å². The maximum absolute atomic E-state index is 9.51. The summed E-state index contributed by atoms with van der Waals surface area (Å²) < 4.78 is 5.26. The fourth-order valence-electron chi connectivity index (χ4n) is 1.13. The molecule has 4 heteroatoms. The summed E-state index contributed by atoms with van der Waals surface area (Å²) in [5.41, 5.74) is 0. The molecule has 0 heterocycles. The highest BCUT2D eigenvalue weighted by Gasteiger charge is 2.08. The number of aliphatic hydroxyl groups excluding tert-OH is 1. The number of nitrogens with zero attached hydrogens (tertiary/aromatic N) is 2. The topological polar surface area (TPSA) is 35.9 Å². The van der Waals surface area contributed by atoms with Gasteiger partial charge in [-0.25, -0.2) is 0 Å². The smallest absolute Gasteiger partial charge is 0.167 e. The Kier molecular flexibility index (Phi) is 8.08. The van der Waals surface area contributed by atoms with Crippen LogP contribution in [0.2, 0.25) is 0 Å². The molecule has 0 aliphatic heterocycles. The molecule has 1 N–H and O–H groups in total. The standard InChI is InChI=1S/C10H24N2O2/c1-5-12(6-2)9-10(13)14-8-7-11(3)4/h10,13H,5-9H2,1-4H3. The molecule has 0 aromatic heterocycles. The Morgan fingerprint density at radius 1 is 1.21 bits per heavy atom. The third kappa shape index (κ3) is 7.26. The Balaban J connectivity index is 3.48. The predicted molar refractivity (Wildman–Crippen MR) is 58.3 cm³/mol. The molecule has 4 nitrogen and oxygen atoms in total. The van der Waals surface area contributed by atoms with E-state index >= 15 is 0 Å². The second kappa shape index (κ2) is 8.17. The Morgan fingerprint density at radius 2 is 1.79 bits per heavy atom. The lowest BCUT2D eigenvalue weighted by atomic mass is 10.4. The van der Waals surface area contributed by atoms with Crippen molar-refractivity contribution in [3.05, 3.63) is 0 Å². The van der Waals surface area contributed by atoms with Crippen LogP contribution < -0.4 is 0 Å². The highest BCUT2D eigenvalue weighted by molar-refractivity contribution is 4.54. The molecule has 0 aromatic carbocycles. The Bertz CT molecular complexity index is 127. The highest BCUT2D eigenvalue weighted by Crippen LogP contribution is 1.94. The monoisotopic (exact) mass is 204 g/mol. The van der Waals surface area contributed by atoms with Crippen LogP contribution in [0.5, 0.6) is 0 Å². The summed E-state index contributed by atoms with van der Waals surface area (Å²) in [5, 5.41) is 9.51. The Labute approximate surface area is 87.5 Å².